The predicted octanol–water partition coefficient (Wildman–Crippen LogP) is 4.64. The number of methoxy groups -OCH3 is 1. The summed E-state index contributed by atoms with van der Waals surface area (Å²) < 4.78 is 85.6. The number of benzene rings is 1. The first-order valence-corrected chi connectivity index (χ1v) is 22.3. The second kappa shape index (κ2) is 17.0. The lowest BCUT2D eigenvalue weighted by Crippen LogP contribution is -2.58. The van der Waals surface area contributed by atoms with Gasteiger partial charge in [-0.15, -0.1) is 0 Å². The van der Waals surface area contributed by atoms with Crippen molar-refractivity contribution in [1.82, 2.24) is 35.0 Å². The van der Waals surface area contributed by atoms with Crippen molar-refractivity contribution in [2.24, 2.45) is 5.92 Å². The summed E-state index contributed by atoms with van der Waals surface area (Å²) in [5.41, 5.74) is -0.702. The predicted molar refractivity (Wildman–Crippen MR) is 219 cm³/mol. The number of pyridine rings is 1. The van der Waals surface area contributed by atoms with Crippen LogP contribution in [0.1, 0.15) is 94.6 Å². The van der Waals surface area contributed by atoms with Gasteiger partial charge in [-0.2, -0.15) is 18.3 Å². The molecule has 2 saturated carbocycles. The molecule has 62 heavy (non-hydrogen) atoms. The summed E-state index contributed by atoms with van der Waals surface area (Å²) in [6, 6.07) is 3.78. The third-order valence-electron chi connectivity index (χ3n) is 12.0. The van der Waals surface area contributed by atoms with E-state index >= 15 is 0 Å². The molecule has 0 spiro atoms. The van der Waals surface area contributed by atoms with Gasteiger partial charge < -0.3 is 29.7 Å². The summed E-state index contributed by atoms with van der Waals surface area (Å²) in [5, 5.41) is 9.87. The van der Waals surface area contributed by atoms with E-state index in [0.29, 0.717) is 71.2 Å². The Morgan fingerprint density at radius 1 is 1.10 bits per heavy atom. The minimum Gasteiger partial charge on any atom is -0.496 e. The van der Waals surface area contributed by atoms with Crippen LogP contribution in [0.15, 0.2) is 42.6 Å². The molecule has 4 amide bonds. The number of rotatable bonds is 11. The van der Waals surface area contributed by atoms with E-state index < -0.39 is 80.8 Å². The number of nitrogens with zero attached hydrogens (tertiary/aromatic N) is 4. The number of nitrogens with one attached hydrogen (secondary N) is 3. The standard InChI is InChI=1S/C42H52F3N7O9S/c1-24(2)60-34-20-33(28-13-14-32(59-5)25(3)35(28)47-34)61-27-19-31-37(54)48-41(39(56)50-62(57,58)40(4)16-17-40)21-26(41)11-9-7-6-8-10-12-30(38(55)52(31)22-27)46-36(53)29-15-18-51(49-29)23-42(43,44)45/h9,11,13-15,18,20,24,26-27,30-31H,6-8,10,12,16-17,19,21-23H2,1-5H3,(H,46,53)(H,48,54)(H,50,56)/t26-,27-,30+,31+,41-/m1/s1. The number of amides is 4. The average molecular weight is 888 g/mol. The fourth-order valence-corrected chi connectivity index (χ4v) is 9.40. The van der Waals surface area contributed by atoms with Crippen LogP contribution in [0, 0.1) is 12.8 Å². The van der Waals surface area contributed by atoms with Crippen LogP contribution in [0.25, 0.3) is 10.9 Å². The summed E-state index contributed by atoms with van der Waals surface area (Å²) in [5.74, 6) is -2.49. The minimum absolute atomic E-state index is 0.0754. The van der Waals surface area contributed by atoms with Crippen LogP contribution in [-0.2, 0) is 31.0 Å². The molecule has 3 N–H and O–H groups in total. The van der Waals surface area contributed by atoms with Crippen molar-refractivity contribution in [1.29, 1.82) is 0 Å². The van der Waals surface area contributed by atoms with Gasteiger partial charge >= 0.3 is 6.18 Å². The van der Waals surface area contributed by atoms with Gasteiger partial charge in [0.2, 0.25) is 27.7 Å². The number of sulfonamides is 1. The number of carbonyl (C=O) groups excluding carboxylic acids is 4. The molecule has 4 aliphatic rings. The van der Waals surface area contributed by atoms with Gasteiger partial charge in [-0.05, 0) is 84.4 Å². The van der Waals surface area contributed by atoms with Crippen LogP contribution in [0.5, 0.6) is 17.4 Å². The number of halogens is 3. The molecule has 2 aliphatic carbocycles. The molecule has 336 valence electrons. The Kier molecular flexibility index (Phi) is 12.3. The number of hydrogen-bond acceptors (Lipinski definition) is 11. The Labute approximate surface area is 357 Å². The Bertz CT molecular complexity index is 2380. The van der Waals surface area contributed by atoms with Crippen molar-refractivity contribution in [3.05, 3.63) is 53.9 Å². The SMILES string of the molecule is COc1ccc2c(O[C@@H]3C[C@H]4C(=O)N[C@]5(C(=O)NS(=O)(=O)C6(C)CC6)C[C@H]5C=CCCCCC[C@H](NC(=O)c5ccn(CC(F)(F)F)n5)C(=O)N4C3)cc(OC(C)C)nc2c1C. The van der Waals surface area contributed by atoms with Crippen molar-refractivity contribution >= 4 is 44.6 Å². The fraction of sp³-hybridized carbons (Fsp3) is 0.571. The van der Waals surface area contributed by atoms with Gasteiger partial charge in [-0.3, -0.25) is 28.6 Å². The lowest BCUT2D eigenvalue weighted by Gasteiger charge is -2.30. The highest BCUT2D eigenvalue weighted by atomic mass is 32.2. The van der Waals surface area contributed by atoms with Crippen molar-refractivity contribution in [2.45, 2.75) is 133 Å². The smallest absolute Gasteiger partial charge is 0.408 e. The van der Waals surface area contributed by atoms with Crippen molar-refractivity contribution in [3.63, 3.8) is 0 Å². The highest BCUT2D eigenvalue weighted by molar-refractivity contribution is 7.91. The van der Waals surface area contributed by atoms with Crippen LogP contribution >= 0.6 is 0 Å². The van der Waals surface area contributed by atoms with Crippen molar-refractivity contribution < 1.29 is 55.0 Å². The van der Waals surface area contributed by atoms with E-state index in [-0.39, 0.29) is 43.5 Å². The molecule has 1 saturated heterocycles. The third kappa shape index (κ3) is 9.49. The zero-order chi connectivity index (χ0) is 44.8. The first-order chi connectivity index (χ1) is 29.2. The summed E-state index contributed by atoms with van der Waals surface area (Å²) in [6.07, 6.45) is 2.34. The number of fused-ring (bicyclic) bond motifs is 3. The van der Waals surface area contributed by atoms with Gasteiger partial charge in [0.05, 0.1) is 30.0 Å². The molecular weight excluding hydrogens is 836 g/mol. The Morgan fingerprint density at radius 3 is 2.55 bits per heavy atom. The van der Waals surface area contributed by atoms with Gasteiger partial charge in [0, 0.05) is 35.6 Å². The third-order valence-corrected chi connectivity index (χ3v) is 14.1. The quantitative estimate of drug-likeness (QED) is 0.227. The largest absolute Gasteiger partial charge is 0.496 e. The van der Waals surface area contributed by atoms with Gasteiger partial charge in [0.1, 0.15) is 47.5 Å². The number of aryl methyl sites for hydroxylation is 1. The highest BCUT2D eigenvalue weighted by Crippen LogP contribution is 2.48. The molecule has 0 bridgehead atoms. The Hall–Kier alpha value is -5.40. The van der Waals surface area contributed by atoms with E-state index in [4.69, 9.17) is 19.2 Å². The summed E-state index contributed by atoms with van der Waals surface area (Å²) in [7, 11) is -2.53. The lowest BCUT2D eigenvalue weighted by molar-refractivity contribution is -0.142. The molecule has 7 rings (SSSR count). The fourth-order valence-electron chi connectivity index (χ4n) is 8.09. The van der Waals surface area contributed by atoms with E-state index in [2.05, 4.69) is 20.5 Å². The maximum atomic E-state index is 14.8. The van der Waals surface area contributed by atoms with E-state index in [1.165, 1.54) is 12.0 Å². The number of aromatic nitrogens is 3. The summed E-state index contributed by atoms with van der Waals surface area (Å²) in [4.78, 5) is 62.8. The summed E-state index contributed by atoms with van der Waals surface area (Å²) in [6.45, 7) is 5.50. The molecule has 0 radical (unpaired) electrons. The Morgan fingerprint density at radius 2 is 1.85 bits per heavy atom. The number of hydrogen-bond donors (Lipinski definition) is 3. The molecule has 3 fully saturated rings. The lowest BCUT2D eigenvalue weighted by atomic mass is 10.0. The molecule has 5 atom stereocenters. The van der Waals surface area contributed by atoms with Crippen LogP contribution in [0.3, 0.4) is 0 Å². The molecule has 4 heterocycles. The first-order valence-electron chi connectivity index (χ1n) is 20.8. The van der Waals surface area contributed by atoms with Crippen LogP contribution < -0.4 is 29.6 Å². The van der Waals surface area contributed by atoms with Crippen molar-refractivity contribution in [2.75, 3.05) is 13.7 Å². The van der Waals surface area contributed by atoms with Crippen LogP contribution in [-0.4, -0.2) is 106 Å². The average Bonchev–Trinajstić information content (AvgIpc) is 3.99. The number of carbonyl (C=O) groups is 4. The normalized spacial score (nSPS) is 25.2. The number of alkyl halides is 3. The molecule has 16 nitrogen and oxygen atoms in total. The molecule has 1 aromatic carbocycles. The molecule has 3 aromatic rings. The molecule has 2 aromatic heterocycles. The molecule has 20 heteroatoms. The Balaban J connectivity index is 1.22. The minimum atomic E-state index is -4.58. The number of allylic oxidation sites excluding steroid dienone is 1. The zero-order valence-corrected chi connectivity index (χ0v) is 36.0. The van der Waals surface area contributed by atoms with E-state index in [1.807, 2.05) is 26.8 Å². The molecule has 0 unspecified atom stereocenters. The van der Waals surface area contributed by atoms with E-state index in [1.54, 1.807) is 31.2 Å². The van der Waals surface area contributed by atoms with E-state index in [0.717, 1.165) is 12.3 Å². The van der Waals surface area contributed by atoms with Gasteiger partial charge in [0.25, 0.3) is 11.8 Å². The van der Waals surface area contributed by atoms with Crippen molar-refractivity contribution in [3.8, 4) is 17.4 Å². The first kappa shape index (κ1) is 44.6. The van der Waals surface area contributed by atoms with Gasteiger partial charge in [-0.1, -0.05) is 25.0 Å². The second-order valence-corrected chi connectivity index (χ2v) is 19.4. The highest BCUT2D eigenvalue weighted by Gasteiger charge is 2.63. The second-order valence-electron chi connectivity index (χ2n) is 17.2. The molecular formula is C42H52F3N7O9S. The van der Waals surface area contributed by atoms with Crippen LogP contribution in [0.2, 0.25) is 0 Å². The summed E-state index contributed by atoms with van der Waals surface area (Å²) >= 11 is 0. The topological polar surface area (TPSA) is 200 Å². The maximum Gasteiger partial charge on any atom is 0.408 e. The van der Waals surface area contributed by atoms with Gasteiger partial charge in [-0.25, -0.2) is 13.4 Å². The van der Waals surface area contributed by atoms with Crippen LogP contribution in [0.4, 0.5) is 13.2 Å². The van der Waals surface area contributed by atoms with Gasteiger partial charge in [0.15, 0.2) is 0 Å². The molecule has 2 aliphatic heterocycles. The zero-order valence-electron chi connectivity index (χ0n) is 35.2. The maximum absolute atomic E-state index is 14.8. The van der Waals surface area contributed by atoms with E-state index in [9.17, 15) is 40.8 Å². The number of ether oxygens (including phenoxy) is 3. The monoisotopic (exact) mass is 887 g/mol.